The number of hydrogen-bond donors (Lipinski definition) is 1. The summed E-state index contributed by atoms with van der Waals surface area (Å²) in [4.78, 5) is 25.9. The number of rotatable bonds is 4. The van der Waals surface area contributed by atoms with E-state index in [4.69, 9.17) is 9.47 Å². The van der Waals surface area contributed by atoms with Gasteiger partial charge in [0.15, 0.2) is 0 Å². The molecular weight excluding hydrogens is 314 g/mol. The van der Waals surface area contributed by atoms with Crippen LogP contribution in [0.15, 0.2) is 0 Å². The van der Waals surface area contributed by atoms with Gasteiger partial charge in [0.05, 0.1) is 25.4 Å². The van der Waals surface area contributed by atoms with Crippen molar-refractivity contribution in [1.29, 1.82) is 0 Å². The molecule has 6 heteroatoms. The van der Waals surface area contributed by atoms with Crippen molar-refractivity contribution in [3.63, 3.8) is 0 Å². The lowest BCUT2D eigenvalue weighted by Crippen LogP contribution is -2.25. The van der Waals surface area contributed by atoms with Crippen molar-refractivity contribution < 1.29 is 19.1 Å². The summed E-state index contributed by atoms with van der Waals surface area (Å²) in [7, 11) is 0. The number of hydrogen-bond acceptors (Lipinski definition) is 5. The largest absolute Gasteiger partial charge is 0.462 e. The third-order valence-electron chi connectivity index (χ3n) is 4.51. The second kappa shape index (κ2) is 7.45. The van der Waals surface area contributed by atoms with Crippen molar-refractivity contribution in [2.24, 2.45) is 5.92 Å². The summed E-state index contributed by atoms with van der Waals surface area (Å²) in [6.45, 7) is 3.23. The Kier molecular flexibility index (Phi) is 5.33. The second-order valence-electron chi connectivity index (χ2n) is 6.06. The highest BCUT2D eigenvalue weighted by Crippen LogP contribution is 2.37. The first kappa shape index (κ1) is 16.5. The van der Waals surface area contributed by atoms with Crippen molar-refractivity contribution in [2.75, 3.05) is 18.5 Å². The third kappa shape index (κ3) is 3.58. The molecule has 1 aromatic rings. The van der Waals surface area contributed by atoms with E-state index < -0.39 is 0 Å². The van der Waals surface area contributed by atoms with Crippen molar-refractivity contribution >= 4 is 28.2 Å². The van der Waals surface area contributed by atoms with Crippen molar-refractivity contribution in [3.8, 4) is 0 Å². The van der Waals surface area contributed by atoms with E-state index in [-0.39, 0.29) is 17.8 Å². The van der Waals surface area contributed by atoms with E-state index in [0.717, 1.165) is 36.1 Å². The summed E-state index contributed by atoms with van der Waals surface area (Å²) in [5, 5.41) is 3.63. The topological polar surface area (TPSA) is 64.6 Å². The van der Waals surface area contributed by atoms with Crippen LogP contribution in [-0.4, -0.2) is 25.1 Å². The Morgan fingerprint density at radius 3 is 2.83 bits per heavy atom. The molecule has 1 aliphatic carbocycles. The molecular formula is C17H23NO4S. The van der Waals surface area contributed by atoms with Gasteiger partial charge in [0.25, 0.3) is 0 Å². The average Bonchev–Trinajstić information content (AvgIpc) is 2.93. The molecule has 1 fully saturated rings. The lowest BCUT2D eigenvalue weighted by molar-refractivity contribution is -0.120. The average molecular weight is 337 g/mol. The van der Waals surface area contributed by atoms with Crippen LogP contribution in [0, 0.1) is 5.92 Å². The summed E-state index contributed by atoms with van der Waals surface area (Å²) in [6.07, 6.45) is 6.00. The Morgan fingerprint density at radius 1 is 1.30 bits per heavy atom. The van der Waals surface area contributed by atoms with Crippen molar-refractivity contribution in [2.45, 2.75) is 52.1 Å². The molecule has 0 atom stereocenters. The maximum atomic E-state index is 12.5. The zero-order valence-corrected chi connectivity index (χ0v) is 14.3. The monoisotopic (exact) mass is 337 g/mol. The molecule has 0 saturated heterocycles. The van der Waals surface area contributed by atoms with E-state index in [1.165, 1.54) is 17.8 Å². The maximum Gasteiger partial charge on any atom is 0.341 e. The molecule has 0 spiro atoms. The van der Waals surface area contributed by atoms with E-state index in [2.05, 4.69) is 5.32 Å². The molecule has 126 valence electrons. The Balaban J connectivity index is 1.83. The Morgan fingerprint density at radius 2 is 2.09 bits per heavy atom. The number of ether oxygens (including phenoxy) is 2. The molecule has 1 aromatic heterocycles. The van der Waals surface area contributed by atoms with Gasteiger partial charge >= 0.3 is 5.97 Å². The molecule has 0 aromatic carbocycles. The quantitative estimate of drug-likeness (QED) is 0.854. The molecule has 5 nitrogen and oxygen atoms in total. The minimum absolute atomic E-state index is 0.0368. The maximum absolute atomic E-state index is 12.5. The number of carbonyl (C=O) groups is 2. The van der Waals surface area contributed by atoms with Crippen LogP contribution in [0.3, 0.4) is 0 Å². The third-order valence-corrected chi connectivity index (χ3v) is 5.63. The Bertz CT molecular complexity index is 590. The fraction of sp³-hybridized carbons (Fsp3) is 0.647. The second-order valence-corrected chi connectivity index (χ2v) is 7.16. The fourth-order valence-corrected chi connectivity index (χ4v) is 4.49. The van der Waals surface area contributed by atoms with Gasteiger partial charge in [-0.25, -0.2) is 4.79 Å². The van der Waals surface area contributed by atoms with Crippen LogP contribution in [0.4, 0.5) is 5.00 Å². The van der Waals surface area contributed by atoms with Crippen molar-refractivity contribution in [3.05, 3.63) is 16.0 Å². The molecule has 0 unspecified atom stereocenters. The molecule has 2 aliphatic rings. The van der Waals surface area contributed by atoms with Gasteiger partial charge < -0.3 is 14.8 Å². The standard InChI is InChI=1S/C17H23NO4S/c1-2-22-17(20)14-12-8-9-21-10-13(12)23-16(14)18-15(19)11-6-4-3-5-7-11/h11H,2-10H2,1H3,(H,18,19). The molecule has 2 heterocycles. The Hall–Kier alpha value is -1.40. The predicted molar refractivity (Wildman–Crippen MR) is 88.8 cm³/mol. The fourth-order valence-electron chi connectivity index (χ4n) is 3.32. The van der Waals surface area contributed by atoms with E-state index >= 15 is 0 Å². The molecule has 1 amide bonds. The van der Waals surface area contributed by atoms with Crippen LogP contribution >= 0.6 is 11.3 Å². The molecule has 1 saturated carbocycles. The zero-order valence-electron chi connectivity index (χ0n) is 13.5. The highest BCUT2D eigenvalue weighted by molar-refractivity contribution is 7.17. The lowest BCUT2D eigenvalue weighted by Gasteiger charge is -2.20. The van der Waals surface area contributed by atoms with Gasteiger partial charge in [0.1, 0.15) is 5.00 Å². The van der Waals surface area contributed by atoms with E-state index in [1.807, 2.05) is 0 Å². The van der Waals surface area contributed by atoms with Crippen molar-refractivity contribution in [1.82, 2.24) is 0 Å². The number of anilines is 1. The molecule has 23 heavy (non-hydrogen) atoms. The first-order valence-electron chi connectivity index (χ1n) is 8.41. The molecule has 1 aliphatic heterocycles. The number of thiophene rings is 1. The Labute approximate surface area is 140 Å². The molecule has 0 bridgehead atoms. The van der Waals surface area contributed by atoms with E-state index in [1.54, 1.807) is 6.92 Å². The van der Waals surface area contributed by atoms with Gasteiger partial charge in [-0.15, -0.1) is 11.3 Å². The number of esters is 1. The van der Waals surface area contributed by atoms with Crippen LogP contribution in [0.5, 0.6) is 0 Å². The predicted octanol–water partition coefficient (Wildman–Crippen LogP) is 3.52. The van der Waals surface area contributed by atoms with Gasteiger partial charge in [-0.2, -0.15) is 0 Å². The van der Waals surface area contributed by atoms with Crippen LogP contribution in [-0.2, 0) is 27.3 Å². The summed E-state index contributed by atoms with van der Waals surface area (Å²) < 4.78 is 10.7. The number of amides is 1. The first-order chi connectivity index (χ1) is 11.2. The van der Waals surface area contributed by atoms with E-state index in [9.17, 15) is 9.59 Å². The summed E-state index contributed by atoms with van der Waals surface area (Å²) in [5.41, 5.74) is 1.53. The van der Waals surface area contributed by atoms with Crippen LogP contribution in [0.25, 0.3) is 0 Å². The number of fused-ring (bicyclic) bond motifs is 1. The lowest BCUT2D eigenvalue weighted by atomic mass is 9.88. The van der Waals surface area contributed by atoms with Gasteiger partial charge in [-0.1, -0.05) is 19.3 Å². The van der Waals surface area contributed by atoms with Gasteiger partial charge in [0.2, 0.25) is 5.91 Å². The smallest absolute Gasteiger partial charge is 0.341 e. The minimum Gasteiger partial charge on any atom is -0.462 e. The van der Waals surface area contributed by atoms with Gasteiger partial charge in [-0.05, 0) is 31.7 Å². The number of carbonyl (C=O) groups excluding carboxylic acids is 2. The normalized spacial score (nSPS) is 18.3. The van der Waals surface area contributed by atoms with Gasteiger partial charge in [-0.3, -0.25) is 4.79 Å². The summed E-state index contributed by atoms with van der Waals surface area (Å²) >= 11 is 1.45. The SMILES string of the molecule is CCOC(=O)c1c(NC(=O)C2CCCCC2)sc2c1CCOC2. The first-order valence-corrected chi connectivity index (χ1v) is 9.22. The van der Waals surface area contributed by atoms with E-state index in [0.29, 0.717) is 36.8 Å². The molecule has 1 N–H and O–H groups in total. The summed E-state index contributed by atoms with van der Waals surface area (Å²) in [6, 6.07) is 0. The van der Waals surface area contributed by atoms with Crippen LogP contribution in [0.2, 0.25) is 0 Å². The summed E-state index contributed by atoms with van der Waals surface area (Å²) in [5.74, 6) is -0.241. The minimum atomic E-state index is -0.342. The number of nitrogens with one attached hydrogen (secondary N) is 1. The van der Waals surface area contributed by atoms with Crippen LogP contribution < -0.4 is 5.32 Å². The molecule has 0 radical (unpaired) electrons. The highest BCUT2D eigenvalue weighted by atomic mass is 32.1. The highest BCUT2D eigenvalue weighted by Gasteiger charge is 2.29. The zero-order chi connectivity index (χ0) is 16.2. The van der Waals surface area contributed by atoms with Crippen LogP contribution in [0.1, 0.15) is 59.8 Å². The molecule has 3 rings (SSSR count). The van der Waals surface area contributed by atoms with Gasteiger partial charge in [0, 0.05) is 10.8 Å².